The highest BCUT2D eigenvalue weighted by atomic mass is 32.1. The van der Waals surface area contributed by atoms with Gasteiger partial charge in [0.05, 0.1) is 12.8 Å². The Kier molecular flexibility index (Phi) is 5.18. The van der Waals surface area contributed by atoms with Crippen molar-refractivity contribution in [1.82, 2.24) is 0 Å². The molecule has 0 atom stereocenters. The second-order valence-electron chi connectivity index (χ2n) is 6.67. The zero-order chi connectivity index (χ0) is 18.8. The summed E-state index contributed by atoms with van der Waals surface area (Å²) in [5.74, 6) is 1.05. The van der Waals surface area contributed by atoms with Crippen LogP contribution in [-0.4, -0.2) is 23.8 Å². The number of aryl methyl sites for hydroxylation is 1. The summed E-state index contributed by atoms with van der Waals surface area (Å²) in [5.41, 5.74) is 4.49. The van der Waals surface area contributed by atoms with Crippen molar-refractivity contribution >= 4 is 34.6 Å². The van der Waals surface area contributed by atoms with Gasteiger partial charge in [-0.3, -0.25) is 9.69 Å². The Morgan fingerprint density at radius 3 is 2.50 bits per heavy atom. The Labute approximate surface area is 159 Å². The van der Waals surface area contributed by atoms with Crippen LogP contribution in [-0.2, 0) is 11.2 Å². The van der Waals surface area contributed by atoms with Gasteiger partial charge in [-0.15, -0.1) is 0 Å². The van der Waals surface area contributed by atoms with Gasteiger partial charge in [0.25, 0.3) is 5.91 Å². The molecule has 0 spiro atoms. The van der Waals surface area contributed by atoms with Crippen LogP contribution in [0.25, 0.3) is 0 Å². The maximum atomic E-state index is 12.9. The number of hydrogen-bond donors (Lipinski definition) is 0. The number of carbonyl (C=O) groups excluding carboxylic acids is 1. The van der Waals surface area contributed by atoms with E-state index in [2.05, 4.69) is 24.9 Å². The molecular weight excluding hydrogens is 344 g/mol. The minimum Gasteiger partial charge on any atom is -0.496 e. The lowest BCUT2D eigenvalue weighted by Crippen LogP contribution is -2.33. The summed E-state index contributed by atoms with van der Waals surface area (Å²) in [6.45, 7) is 6.28. The van der Waals surface area contributed by atoms with E-state index < -0.39 is 0 Å². The van der Waals surface area contributed by atoms with E-state index in [1.807, 2.05) is 43.3 Å². The highest BCUT2D eigenvalue weighted by Gasteiger charge is 2.31. The Bertz CT molecular complexity index is 888. The van der Waals surface area contributed by atoms with Crippen LogP contribution < -0.4 is 9.64 Å². The molecule has 0 N–H and O–H groups in total. The molecule has 0 unspecified atom stereocenters. The quantitative estimate of drug-likeness (QED) is 0.735. The predicted octanol–water partition coefficient (Wildman–Crippen LogP) is 4.44. The molecule has 1 aliphatic heterocycles. The molecule has 1 aliphatic rings. The van der Waals surface area contributed by atoms with Crippen molar-refractivity contribution in [1.29, 1.82) is 0 Å². The summed E-state index contributed by atoms with van der Waals surface area (Å²) in [6.07, 6.45) is 0.456. The number of benzene rings is 2. The number of amides is 1. The summed E-state index contributed by atoms with van der Waals surface area (Å²) in [4.78, 5) is 18.7. The molecule has 0 radical (unpaired) electrons. The number of carbonyl (C=O) groups is 1. The molecule has 1 heterocycles. The third-order valence-corrected chi connectivity index (χ3v) is 4.83. The highest BCUT2D eigenvalue weighted by molar-refractivity contribution is 7.80. The number of thiocarbonyl (C=S) groups is 1. The number of methoxy groups -OCH3 is 1. The van der Waals surface area contributed by atoms with Gasteiger partial charge in [0, 0.05) is 6.42 Å². The number of ether oxygens (including phenoxy) is 1. The first-order chi connectivity index (χ1) is 12.4. The summed E-state index contributed by atoms with van der Waals surface area (Å²) in [7, 11) is 1.68. The van der Waals surface area contributed by atoms with E-state index >= 15 is 0 Å². The van der Waals surface area contributed by atoms with Gasteiger partial charge < -0.3 is 4.74 Å². The Morgan fingerprint density at radius 2 is 1.88 bits per heavy atom. The summed E-state index contributed by atoms with van der Waals surface area (Å²) >= 11 is 5.33. The van der Waals surface area contributed by atoms with Crippen LogP contribution in [0.15, 0.2) is 47.5 Å². The van der Waals surface area contributed by atoms with Crippen LogP contribution in [0.3, 0.4) is 0 Å². The fourth-order valence-electron chi connectivity index (χ4n) is 3.09. The monoisotopic (exact) mass is 366 g/mol. The second-order valence-corrected chi connectivity index (χ2v) is 7.03. The topological polar surface area (TPSA) is 41.9 Å². The van der Waals surface area contributed by atoms with Crippen molar-refractivity contribution in [2.45, 2.75) is 33.1 Å². The fraction of sp³-hybridized carbons (Fsp3) is 0.286. The second kappa shape index (κ2) is 7.38. The molecule has 0 bridgehead atoms. The number of nitrogens with zero attached hydrogens (tertiary/aromatic N) is 2. The first-order valence-corrected chi connectivity index (χ1v) is 9.01. The van der Waals surface area contributed by atoms with E-state index in [0.717, 1.165) is 28.1 Å². The van der Waals surface area contributed by atoms with Gasteiger partial charge in [-0.25, -0.2) is 4.99 Å². The number of hydrogen-bond acceptors (Lipinski definition) is 3. The molecule has 1 amide bonds. The van der Waals surface area contributed by atoms with Crippen LogP contribution in [0, 0.1) is 6.92 Å². The molecule has 0 aromatic heterocycles. The Hall–Kier alpha value is -2.53. The van der Waals surface area contributed by atoms with E-state index in [1.165, 1.54) is 4.90 Å². The van der Waals surface area contributed by atoms with E-state index in [4.69, 9.17) is 17.0 Å². The van der Waals surface area contributed by atoms with Gasteiger partial charge in [0.15, 0.2) is 0 Å². The van der Waals surface area contributed by atoms with Crippen molar-refractivity contribution < 1.29 is 9.53 Å². The van der Waals surface area contributed by atoms with E-state index in [9.17, 15) is 4.79 Å². The summed E-state index contributed by atoms with van der Waals surface area (Å²) in [6, 6.07) is 13.5. The highest BCUT2D eigenvalue weighted by Crippen LogP contribution is 2.30. The van der Waals surface area contributed by atoms with Gasteiger partial charge in [0.2, 0.25) is 5.11 Å². The van der Waals surface area contributed by atoms with Crippen molar-refractivity contribution in [2.75, 3.05) is 12.0 Å². The van der Waals surface area contributed by atoms with Gasteiger partial charge >= 0.3 is 0 Å². The first kappa shape index (κ1) is 18.3. The SMILES string of the molecule is COc1cc(C)c(CC2=NC(=S)N(c3ccccc3)C2=O)cc1C(C)C. The van der Waals surface area contributed by atoms with E-state index in [0.29, 0.717) is 23.2 Å². The maximum absolute atomic E-state index is 12.9. The van der Waals surface area contributed by atoms with Crippen LogP contribution in [0.4, 0.5) is 5.69 Å². The smallest absolute Gasteiger partial charge is 0.279 e. The summed E-state index contributed by atoms with van der Waals surface area (Å²) < 4.78 is 5.50. The van der Waals surface area contributed by atoms with Crippen LogP contribution in [0.5, 0.6) is 5.75 Å². The fourth-order valence-corrected chi connectivity index (χ4v) is 3.39. The Morgan fingerprint density at radius 1 is 1.19 bits per heavy atom. The minimum absolute atomic E-state index is 0.150. The molecule has 26 heavy (non-hydrogen) atoms. The van der Waals surface area contributed by atoms with Crippen LogP contribution >= 0.6 is 12.2 Å². The number of rotatable bonds is 5. The lowest BCUT2D eigenvalue weighted by atomic mass is 9.94. The molecule has 2 aromatic carbocycles. The average Bonchev–Trinajstić information content (AvgIpc) is 2.90. The molecule has 0 fully saturated rings. The van der Waals surface area contributed by atoms with Gasteiger partial charge in [-0.1, -0.05) is 38.1 Å². The lowest BCUT2D eigenvalue weighted by Gasteiger charge is -2.17. The zero-order valence-corrected chi connectivity index (χ0v) is 16.3. The first-order valence-electron chi connectivity index (χ1n) is 8.60. The molecule has 2 aromatic rings. The lowest BCUT2D eigenvalue weighted by molar-refractivity contribution is -0.111. The van der Waals surface area contributed by atoms with Crippen molar-refractivity contribution in [3.8, 4) is 5.75 Å². The largest absolute Gasteiger partial charge is 0.496 e. The van der Waals surface area contributed by atoms with Crippen LogP contribution in [0.2, 0.25) is 0 Å². The summed E-state index contributed by atoms with van der Waals surface area (Å²) in [5, 5.41) is 0.298. The third-order valence-electron chi connectivity index (χ3n) is 4.55. The molecule has 0 aliphatic carbocycles. The average molecular weight is 366 g/mol. The minimum atomic E-state index is -0.150. The third kappa shape index (κ3) is 3.40. The van der Waals surface area contributed by atoms with Gasteiger partial charge in [-0.05, 0) is 59.9 Å². The molecule has 0 saturated heterocycles. The van der Waals surface area contributed by atoms with Gasteiger partial charge in [-0.2, -0.15) is 0 Å². The van der Waals surface area contributed by atoms with Crippen LogP contribution in [0.1, 0.15) is 36.5 Å². The van der Waals surface area contributed by atoms with Crippen molar-refractivity contribution in [2.24, 2.45) is 4.99 Å². The zero-order valence-electron chi connectivity index (χ0n) is 15.4. The molecule has 5 heteroatoms. The van der Waals surface area contributed by atoms with E-state index in [-0.39, 0.29) is 5.91 Å². The normalized spacial score (nSPS) is 14.2. The number of aliphatic imine (C=N–C) groups is 1. The Balaban J connectivity index is 1.90. The molecule has 3 rings (SSSR count). The maximum Gasteiger partial charge on any atom is 0.279 e. The number of anilines is 1. The molecular formula is C21H22N2O2S. The van der Waals surface area contributed by atoms with E-state index in [1.54, 1.807) is 7.11 Å². The van der Waals surface area contributed by atoms with Gasteiger partial charge in [0.1, 0.15) is 11.5 Å². The molecule has 0 saturated carbocycles. The predicted molar refractivity (Wildman–Crippen MR) is 109 cm³/mol. The molecule has 4 nitrogen and oxygen atoms in total. The van der Waals surface area contributed by atoms with Crippen molar-refractivity contribution in [3.63, 3.8) is 0 Å². The molecule has 134 valence electrons. The standard InChI is InChI=1S/C21H22N2O2S/c1-13(2)17-11-15(14(3)10-19(17)25-4)12-18-20(24)23(21(26)22-18)16-8-6-5-7-9-16/h5-11,13H,12H2,1-4H3. The van der Waals surface area contributed by atoms with Crippen molar-refractivity contribution in [3.05, 3.63) is 59.2 Å². The number of para-hydroxylation sites is 1.